The molecule has 0 aliphatic carbocycles. The number of H-pyrrole nitrogens is 1. The maximum Gasteiger partial charge on any atom is 0.216 e. The molecule has 0 amide bonds. The van der Waals surface area contributed by atoms with Crippen molar-refractivity contribution < 1.29 is 13.9 Å². The van der Waals surface area contributed by atoms with Crippen LogP contribution in [0.1, 0.15) is 31.5 Å². The van der Waals surface area contributed by atoms with Crippen molar-refractivity contribution in [3.8, 4) is 11.6 Å². The van der Waals surface area contributed by atoms with Gasteiger partial charge in [-0.15, -0.1) is 24.0 Å². The fourth-order valence-corrected chi connectivity index (χ4v) is 3.80. The van der Waals surface area contributed by atoms with Crippen LogP contribution >= 0.6 is 24.0 Å². The normalized spacial score (nSPS) is 20.4. The summed E-state index contributed by atoms with van der Waals surface area (Å²) in [5.74, 6) is 2.99. The second kappa shape index (κ2) is 11.7. The zero-order valence-corrected chi connectivity index (χ0v) is 19.7. The van der Waals surface area contributed by atoms with Crippen molar-refractivity contribution >= 4 is 29.9 Å². The molecule has 166 valence electrons. The van der Waals surface area contributed by atoms with Gasteiger partial charge in [0, 0.05) is 39.7 Å². The van der Waals surface area contributed by atoms with Gasteiger partial charge in [-0.05, 0) is 37.8 Å². The van der Waals surface area contributed by atoms with Crippen LogP contribution in [0.15, 0.2) is 27.8 Å². The quantitative estimate of drug-likeness (QED) is 0.322. The molecule has 1 atom stereocenters. The Kier molecular flexibility index (Phi) is 8.94. The number of aromatic nitrogens is 3. The predicted molar refractivity (Wildman–Crippen MR) is 124 cm³/mol. The Labute approximate surface area is 194 Å². The number of likely N-dealkylation sites (tertiary alicyclic amines) is 1. The first-order valence-corrected chi connectivity index (χ1v) is 10.5. The summed E-state index contributed by atoms with van der Waals surface area (Å²) in [6.07, 6.45) is 7.29. The van der Waals surface area contributed by atoms with E-state index in [1.165, 1.54) is 0 Å². The van der Waals surface area contributed by atoms with Crippen LogP contribution in [0.4, 0.5) is 0 Å². The SMILES string of the molecule is CN=C(NCCc1nc(-c2ccco2)n[nH]1)N1CCC(OCC2CCCO2)CC1.I. The third-order valence-corrected chi connectivity index (χ3v) is 5.41. The standard InChI is InChI=1S/C20H30N6O3.HI/c1-21-20(22-9-6-18-23-19(25-24-18)17-5-3-13-28-17)26-10-7-15(8-11-26)29-14-16-4-2-12-27-16;/h3,5,13,15-16H,2,4,6-12,14H2,1H3,(H,21,22)(H,23,24,25);1H. The number of aromatic amines is 1. The summed E-state index contributed by atoms with van der Waals surface area (Å²) in [6.45, 7) is 4.23. The smallest absolute Gasteiger partial charge is 0.216 e. The van der Waals surface area contributed by atoms with Gasteiger partial charge in [0.1, 0.15) is 5.82 Å². The van der Waals surface area contributed by atoms with Crippen LogP contribution in [-0.4, -0.2) is 78.1 Å². The lowest BCUT2D eigenvalue weighted by atomic mass is 10.1. The molecule has 10 heteroatoms. The zero-order valence-electron chi connectivity index (χ0n) is 17.4. The minimum Gasteiger partial charge on any atom is -0.461 e. The van der Waals surface area contributed by atoms with Crippen LogP contribution in [0.2, 0.25) is 0 Å². The summed E-state index contributed by atoms with van der Waals surface area (Å²) in [4.78, 5) is 11.2. The van der Waals surface area contributed by atoms with Gasteiger partial charge in [0.25, 0.3) is 0 Å². The number of rotatable bonds is 7. The van der Waals surface area contributed by atoms with Crippen LogP contribution in [-0.2, 0) is 15.9 Å². The monoisotopic (exact) mass is 530 g/mol. The van der Waals surface area contributed by atoms with Gasteiger partial charge in [-0.2, -0.15) is 5.10 Å². The van der Waals surface area contributed by atoms with Crippen molar-refractivity contribution in [2.24, 2.45) is 4.99 Å². The maximum absolute atomic E-state index is 6.06. The van der Waals surface area contributed by atoms with Gasteiger partial charge in [0.05, 0.1) is 25.1 Å². The maximum atomic E-state index is 6.06. The van der Waals surface area contributed by atoms with E-state index in [0.717, 1.165) is 76.7 Å². The van der Waals surface area contributed by atoms with Gasteiger partial charge < -0.3 is 24.1 Å². The van der Waals surface area contributed by atoms with Gasteiger partial charge >= 0.3 is 0 Å². The third kappa shape index (κ3) is 6.17. The molecule has 30 heavy (non-hydrogen) atoms. The van der Waals surface area contributed by atoms with Crippen LogP contribution in [0.5, 0.6) is 0 Å². The van der Waals surface area contributed by atoms with Gasteiger partial charge in [-0.3, -0.25) is 10.1 Å². The Balaban J connectivity index is 0.00000256. The van der Waals surface area contributed by atoms with Crippen LogP contribution in [0, 0.1) is 0 Å². The molecule has 2 saturated heterocycles. The summed E-state index contributed by atoms with van der Waals surface area (Å²) in [6, 6.07) is 3.68. The summed E-state index contributed by atoms with van der Waals surface area (Å²) >= 11 is 0. The summed E-state index contributed by atoms with van der Waals surface area (Å²) in [5.41, 5.74) is 0. The Bertz CT molecular complexity index is 767. The number of piperidine rings is 1. The van der Waals surface area contributed by atoms with Crippen molar-refractivity contribution in [3.05, 3.63) is 24.2 Å². The van der Waals surface area contributed by atoms with Gasteiger partial charge in [0.15, 0.2) is 11.7 Å². The summed E-state index contributed by atoms with van der Waals surface area (Å²) in [7, 11) is 1.83. The van der Waals surface area contributed by atoms with Crippen LogP contribution in [0.3, 0.4) is 0 Å². The molecule has 0 bridgehead atoms. The van der Waals surface area contributed by atoms with Gasteiger partial charge in [0.2, 0.25) is 5.82 Å². The highest BCUT2D eigenvalue weighted by Gasteiger charge is 2.24. The third-order valence-electron chi connectivity index (χ3n) is 5.41. The Morgan fingerprint density at radius 2 is 2.23 bits per heavy atom. The number of furan rings is 1. The number of nitrogens with zero attached hydrogens (tertiary/aromatic N) is 4. The molecule has 1 unspecified atom stereocenters. The number of hydrogen-bond acceptors (Lipinski definition) is 6. The number of nitrogens with one attached hydrogen (secondary N) is 2. The Hall–Kier alpha value is -1.66. The molecule has 9 nitrogen and oxygen atoms in total. The zero-order chi connectivity index (χ0) is 19.9. The van der Waals surface area contributed by atoms with Crippen molar-refractivity contribution in [1.82, 2.24) is 25.4 Å². The minimum absolute atomic E-state index is 0. The molecular formula is C20H31IN6O3. The molecule has 2 aliphatic heterocycles. The second-order valence-electron chi connectivity index (χ2n) is 7.46. The first kappa shape index (κ1) is 23.0. The predicted octanol–water partition coefficient (Wildman–Crippen LogP) is 2.46. The molecule has 2 fully saturated rings. The lowest BCUT2D eigenvalue weighted by Crippen LogP contribution is -2.47. The largest absolute Gasteiger partial charge is 0.461 e. The number of halogens is 1. The average Bonchev–Trinajstić information content (AvgIpc) is 3.52. The summed E-state index contributed by atoms with van der Waals surface area (Å²) < 4.78 is 17.0. The van der Waals surface area contributed by atoms with E-state index in [1.807, 2.05) is 19.2 Å². The van der Waals surface area contributed by atoms with Gasteiger partial charge in [-0.25, -0.2) is 4.98 Å². The Morgan fingerprint density at radius 1 is 1.37 bits per heavy atom. The average molecular weight is 530 g/mol. The van der Waals surface area contributed by atoms with E-state index in [0.29, 0.717) is 23.8 Å². The number of aliphatic imine (C=N–C) groups is 1. The molecule has 0 aromatic carbocycles. The van der Waals surface area contributed by atoms with Crippen molar-refractivity contribution in [3.63, 3.8) is 0 Å². The molecule has 2 aromatic rings. The first-order valence-electron chi connectivity index (χ1n) is 10.5. The van der Waals surface area contributed by atoms with Crippen LogP contribution < -0.4 is 5.32 Å². The van der Waals surface area contributed by atoms with E-state index in [1.54, 1.807) is 6.26 Å². The van der Waals surface area contributed by atoms with E-state index in [2.05, 4.69) is 30.4 Å². The molecule has 0 spiro atoms. The molecule has 0 saturated carbocycles. The molecule has 2 aromatic heterocycles. The topological polar surface area (TPSA) is 101 Å². The highest BCUT2D eigenvalue weighted by molar-refractivity contribution is 14.0. The molecule has 4 rings (SSSR count). The Morgan fingerprint density at radius 3 is 2.93 bits per heavy atom. The van der Waals surface area contributed by atoms with Crippen molar-refractivity contribution in [1.29, 1.82) is 0 Å². The van der Waals surface area contributed by atoms with E-state index in [-0.39, 0.29) is 24.0 Å². The highest BCUT2D eigenvalue weighted by atomic mass is 127. The van der Waals surface area contributed by atoms with Crippen molar-refractivity contribution in [2.45, 2.75) is 44.3 Å². The molecule has 4 heterocycles. The summed E-state index contributed by atoms with van der Waals surface area (Å²) in [5, 5.41) is 10.6. The number of ether oxygens (including phenoxy) is 2. The number of guanidine groups is 1. The first-order chi connectivity index (χ1) is 14.3. The lowest BCUT2D eigenvalue weighted by molar-refractivity contribution is -0.0367. The minimum atomic E-state index is 0. The van der Waals surface area contributed by atoms with Crippen molar-refractivity contribution in [2.75, 3.05) is 39.9 Å². The fraction of sp³-hybridized carbons (Fsp3) is 0.650. The highest BCUT2D eigenvalue weighted by Crippen LogP contribution is 2.18. The molecular weight excluding hydrogens is 499 g/mol. The van der Waals surface area contributed by atoms with E-state index >= 15 is 0 Å². The molecule has 2 N–H and O–H groups in total. The van der Waals surface area contributed by atoms with E-state index in [4.69, 9.17) is 13.9 Å². The van der Waals surface area contributed by atoms with E-state index < -0.39 is 0 Å². The lowest BCUT2D eigenvalue weighted by Gasteiger charge is -2.34. The van der Waals surface area contributed by atoms with Gasteiger partial charge in [-0.1, -0.05) is 0 Å². The molecule has 0 radical (unpaired) electrons. The van der Waals surface area contributed by atoms with Crippen LogP contribution in [0.25, 0.3) is 11.6 Å². The van der Waals surface area contributed by atoms with E-state index in [9.17, 15) is 0 Å². The number of hydrogen-bond donors (Lipinski definition) is 2. The fourth-order valence-electron chi connectivity index (χ4n) is 3.80. The molecule has 2 aliphatic rings. The second-order valence-corrected chi connectivity index (χ2v) is 7.46.